The van der Waals surface area contributed by atoms with Crippen LogP contribution in [-0.4, -0.2) is 23.6 Å². The predicted octanol–water partition coefficient (Wildman–Crippen LogP) is 2.80. The first-order valence-electron chi connectivity index (χ1n) is 7.55. The molecule has 2 aromatic rings. The molecule has 0 radical (unpaired) electrons. The Balaban J connectivity index is 1.88. The Hall–Kier alpha value is -2.63. The number of esters is 1. The van der Waals surface area contributed by atoms with Crippen molar-refractivity contribution in [2.45, 2.75) is 32.7 Å². The Kier molecular flexibility index (Phi) is 5.91. The highest BCUT2D eigenvalue weighted by atomic mass is 16.6. The topological polar surface area (TPSA) is 81.4 Å². The molecule has 1 atom stereocenters. The molecule has 0 spiro atoms. The summed E-state index contributed by atoms with van der Waals surface area (Å²) in [5.41, 5.74) is 1.60. The van der Waals surface area contributed by atoms with Gasteiger partial charge in [0.25, 0.3) is 5.91 Å². The predicted molar refractivity (Wildman–Crippen MR) is 83.8 cm³/mol. The standard InChI is InChI=1S/C17H20N2O4/c1-3-7-14(13-8-5-4-6-9-13)18-16(20)11-22-17(21)15-10-12(2)19-23-15/h4-6,8-10,14H,3,7,11H2,1-2H3,(H,18,20)/t14-/m0/s1. The number of nitrogens with one attached hydrogen (secondary N) is 1. The van der Waals surface area contributed by atoms with Crippen molar-refractivity contribution >= 4 is 11.9 Å². The maximum atomic E-state index is 12.0. The highest BCUT2D eigenvalue weighted by molar-refractivity contribution is 5.88. The zero-order valence-corrected chi connectivity index (χ0v) is 13.2. The van der Waals surface area contributed by atoms with Crippen molar-refractivity contribution in [1.29, 1.82) is 0 Å². The summed E-state index contributed by atoms with van der Waals surface area (Å²) in [5.74, 6) is -1.06. The summed E-state index contributed by atoms with van der Waals surface area (Å²) >= 11 is 0. The van der Waals surface area contributed by atoms with Gasteiger partial charge in [-0.25, -0.2) is 4.79 Å². The first-order valence-corrected chi connectivity index (χ1v) is 7.55. The Morgan fingerprint density at radius 1 is 1.30 bits per heavy atom. The molecule has 0 aliphatic heterocycles. The Morgan fingerprint density at radius 2 is 2.04 bits per heavy atom. The van der Waals surface area contributed by atoms with Gasteiger partial charge in [-0.1, -0.05) is 48.8 Å². The molecule has 1 heterocycles. The summed E-state index contributed by atoms with van der Waals surface area (Å²) < 4.78 is 9.72. The highest BCUT2D eigenvalue weighted by Crippen LogP contribution is 2.17. The monoisotopic (exact) mass is 316 g/mol. The third-order valence-electron chi connectivity index (χ3n) is 3.28. The normalized spacial score (nSPS) is 11.7. The second-order valence-electron chi connectivity index (χ2n) is 5.23. The molecule has 0 saturated heterocycles. The minimum absolute atomic E-state index is 0.0107. The molecular weight excluding hydrogens is 296 g/mol. The summed E-state index contributed by atoms with van der Waals surface area (Å²) in [6.45, 7) is 3.39. The van der Waals surface area contributed by atoms with Gasteiger partial charge in [-0.2, -0.15) is 0 Å². The smallest absolute Gasteiger partial charge is 0.377 e. The molecule has 23 heavy (non-hydrogen) atoms. The van der Waals surface area contributed by atoms with E-state index in [0.717, 1.165) is 18.4 Å². The number of aromatic nitrogens is 1. The van der Waals surface area contributed by atoms with Crippen LogP contribution in [0.2, 0.25) is 0 Å². The van der Waals surface area contributed by atoms with E-state index in [-0.39, 0.29) is 24.3 Å². The molecule has 0 fully saturated rings. The number of rotatable bonds is 7. The molecule has 0 aliphatic carbocycles. The van der Waals surface area contributed by atoms with Crippen LogP contribution in [0.15, 0.2) is 40.9 Å². The summed E-state index contributed by atoms with van der Waals surface area (Å²) in [6.07, 6.45) is 1.74. The number of carbonyl (C=O) groups excluding carboxylic acids is 2. The molecule has 0 aliphatic rings. The van der Waals surface area contributed by atoms with Gasteiger partial charge in [0.1, 0.15) is 0 Å². The van der Waals surface area contributed by atoms with Crippen molar-refractivity contribution in [2.24, 2.45) is 0 Å². The second-order valence-corrected chi connectivity index (χ2v) is 5.23. The van der Waals surface area contributed by atoms with Gasteiger partial charge >= 0.3 is 5.97 Å². The zero-order chi connectivity index (χ0) is 16.7. The Bertz CT molecular complexity index is 652. The Labute approximate surface area is 134 Å². The minimum Gasteiger partial charge on any atom is -0.450 e. The van der Waals surface area contributed by atoms with Crippen LogP contribution in [0.25, 0.3) is 0 Å². The van der Waals surface area contributed by atoms with Gasteiger partial charge < -0.3 is 14.6 Å². The van der Waals surface area contributed by atoms with E-state index in [9.17, 15) is 9.59 Å². The van der Waals surface area contributed by atoms with Crippen LogP contribution in [0.5, 0.6) is 0 Å². The third kappa shape index (κ3) is 4.95. The van der Waals surface area contributed by atoms with E-state index in [1.165, 1.54) is 6.07 Å². The largest absolute Gasteiger partial charge is 0.450 e. The van der Waals surface area contributed by atoms with E-state index in [0.29, 0.717) is 5.69 Å². The SMILES string of the molecule is CCC[C@H](NC(=O)COC(=O)c1cc(C)no1)c1ccccc1. The van der Waals surface area contributed by atoms with Gasteiger partial charge in [0, 0.05) is 6.07 Å². The van der Waals surface area contributed by atoms with Crippen LogP contribution in [0.3, 0.4) is 0 Å². The first kappa shape index (κ1) is 16.7. The van der Waals surface area contributed by atoms with Crippen LogP contribution in [-0.2, 0) is 9.53 Å². The van der Waals surface area contributed by atoms with E-state index in [1.807, 2.05) is 37.3 Å². The van der Waals surface area contributed by atoms with Gasteiger partial charge in [0.15, 0.2) is 6.61 Å². The lowest BCUT2D eigenvalue weighted by molar-refractivity contribution is -0.125. The highest BCUT2D eigenvalue weighted by Gasteiger charge is 2.17. The van der Waals surface area contributed by atoms with E-state index in [1.54, 1.807) is 6.92 Å². The van der Waals surface area contributed by atoms with Gasteiger partial charge in [-0.05, 0) is 18.9 Å². The number of nitrogens with zero attached hydrogens (tertiary/aromatic N) is 1. The molecule has 0 unspecified atom stereocenters. The first-order chi connectivity index (χ1) is 11.1. The quantitative estimate of drug-likeness (QED) is 0.794. The lowest BCUT2D eigenvalue weighted by Crippen LogP contribution is -2.32. The molecule has 1 aromatic carbocycles. The lowest BCUT2D eigenvalue weighted by Gasteiger charge is -2.18. The third-order valence-corrected chi connectivity index (χ3v) is 3.28. The summed E-state index contributed by atoms with van der Waals surface area (Å²) in [6, 6.07) is 11.1. The van der Waals surface area contributed by atoms with Gasteiger partial charge in [-0.3, -0.25) is 4.79 Å². The van der Waals surface area contributed by atoms with Crippen molar-refractivity contribution < 1.29 is 18.8 Å². The van der Waals surface area contributed by atoms with Gasteiger partial charge in [0.2, 0.25) is 5.76 Å². The molecule has 122 valence electrons. The van der Waals surface area contributed by atoms with Crippen molar-refractivity contribution in [2.75, 3.05) is 6.61 Å². The average Bonchev–Trinajstić information content (AvgIpc) is 2.99. The van der Waals surface area contributed by atoms with E-state index >= 15 is 0 Å². The van der Waals surface area contributed by atoms with E-state index in [4.69, 9.17) is 9.26 Å². The average molecular weight is 316 g/mol. The van der Waals surface area contributed by atoms with Crippen molar-refractivity contribution in [3.05, 3.63) is 53.4 Å². The molecule has 1 amide bonds. The van der Waals surface area contributed by atoms with Crippen LogP contribution >= 0.6 is 0 Å². The van der Waals surface area contributed by atoms with Crippen LogP contribution in [0.1, 0.15) is 47.6 Å². The van der Waals surface area contributed by atoms with Crippen molar-refractivity contribution in [3.63, 3.8) is 0 Å². The molecule has 2 rings (SSSR count). The summed E-state index contributed by atoms with van der Waals surface area (Å²) in [4.78, 5) is 23.7. The van der Waals surface area contributed by atoms with Crippen molar-refractivity contribution in [3.8, 4) is 0 Å². The number of benzene rings is 1. The molecule has 6 heteroatoms. The Morgan fingerprint density at radius 3 is 2.65 bits per heavy atom. The lowest BCUT2D eigenvalue weighted by atomic mass is 10.0. The zero-order valence-electron chi connectivity index (χ0n) is 13.2. The molecule has 6 nitrogen and oxygen atoms in total. The number of amides is 1. The van der Waals surface area contributed by atoms with Crippen molar-refractivity contribution in [1.82, 2.24) is 10.5 Å². The fourth-order valence-electron chi connectivity index (χ4n) is 2.19. The fourth-order valence-corrected chi connectivity index (χ4v) is 2.19. The maximum absolute atomic E-state index is 12.0. The molecule has 0 saturated carbocycles. The number of carbonyl (C=O) groups is 2. The second kappa shape index (κ2) is 8.12. The van der Waals surface area contributed by atoms with Crippen LogP contribution in [0, 0.1) is 6.92 Å². The number of aryl methyl sites for hydroxylation is 1. The number of ether oxygens (including phenoxy) is 1. The number of hydrogen-bond acceptors (Lipinski definition) is 5. The minimum atomic E-state index is -0.701. The van der Waals surface area contributed by atoms with E-state index < -0.39 is 5.97 Å². The molecule has 1 aromatic heterocycles. The van der Waals surface area contributed by atoms with Crippen LogP contribution in [0.4, 0.5) is 0 Å². The summed E-state index contributed by atoms with van der Waals surface area (Å²) in [7, 11) is 0. The maximum Gasteiger partial charge on any atom is 0.377 e. The summed E-state index contributed by atoms with van der Waals surface area (Å²) in [5, 5.41) is 6.48. The van der Waals surface area contributed by atoms with Crippen LogP contribution < -0.4 is 5.32 Å². The van der Waals surface area contributed by atoms with E-state index in [2.05, 4.69) is 10.5 Å². The fraction of sp³-hybridized carbons (Fsp3) is 0.353. The molecule has 0 bridgehead atoms. The van der Waals surface area contributed by atoms with Gasteiger partial charge in [0.05, 0.1) is 11.7 Å². The molecular formula is C17H20N2O4. The van der Waals surface area contributed by atoms with Gasteiger partial charge in [-0.15, -0.1) is 0 Å². The number of hydrogen-bond donors (Lipinski definition) is 1. The molecule has 1 N–H and O–H groups in total.